The molecule has 0 aromatic carbocycles. The van der Waals surface area contributed by atoms with Crippen LogP contribution in [-0.4, -0.2) is 48.6 Å². The van der Waals surface area contributed by atoms with Crippen LogP contribution in [0.15, 0.2) is 12.7 Å². The van der Waals surface area contributed by atoms with Gasteiger partial charge in [0.2, 0.25) is 0 Å². The number of rotatable bonds is 7. The van der Waals surface area contributed by atoms with Crippen molar-refractivity contribution in [2.75, 3.05) is 37.7 Å². The third-order valence-electron chi connectivity index (χ3n) is 2.87. The second kappa shape index (κ2) is 8.20. The van der Waals surface area contributed by atoms with E-state index in [1.54, 1.807) is 0 Å². The molecule has 0 spiro atoms. The summed E-state index contributed by atoms with van der Waals surface area (Å²) in [7, 11) is 0. The van der Waals surface area contributed by atoms with Crippen LogP contribution in [0.25, 0.3) is 0 Å². The van der Waals surface area contributed by atoms with Gasteiger partial charge in [-0.15, -0.1) is 6.58 Å². The molecular weight excluding hydrogens is 204 g/mol. The zero-order chi connectivity index (χ0) is 10.9. The van der Waals surface area contributed by atoms with E-state index in [-0.39, 0.29) is 0 Å². The van der Waals surface area contributed by atoms with Gasteiger partial charge in [-0.3, -0.25) is 0 Å². The lowest BCUT2D eigenvalue weighted by atomic mass is 10.1. The van der Waals surface area contributed by atoms with E-state index in [1.165, 1.54) is 38.2 Å². The first-order chi connectivity index (χ1) is 7.36. The molecule has 1 aliphatic rings. The number of hydrogen-bond donors (Lipinski definition) is 1. The van der Waals surface area contributed by atoms with Gasteiger partial charge >= 0.3 is 0 Å². The highest BCUT2D eigenvalue weighted by atomic mass is 32.2. The van der Waals surface area contributed by atoms with Gasteiger partial charge in [-0.1, -0.05) is 13.0 Å². The summed E-state index contributed by atoms with van der Waals surface area (Å²) in [5.41, 5.74) is 0. The molecule has 1 saturated heterocycles. The SMILES string of the molecule is C=CCSCCN1CCC(NCC)CC1. The maximum Gasteiger partial charge on any atom is 0.0111 e. The van der Waals surface area contributed by atoms with Crippen molar-refractivity contribution in [3.63, 3.8) is 0 Å². The predicted octanol–water partition coefficient (Wildman–Crippen LogP) is 1.98. The van der Waals surface area contributed by atoms with Crippen LogP contribution in [0.4, 0.5) is 0 Å². The fourth-order valence-electron chi connectivity index (χ4n) is 2.01. The van der Waals surface area contributed by atoms with Gasteiger partial charge in [0.25, 0.3) is 0 Å². The minimum atomic E-state index is 0.770. The summed E-state index contributed by atoms with van der Waals surface area (Å²) in [4.78, 5) is 2.59. The Morgan fingerprint density at radius 1 is 1.47 bits per heavy atom. The highest BCUT2D eigenvalue weighted by molar-refractivity contribution is 7.99. The summed E-state index contributed by atoms with van der Waals surface area (Å²) in [5, 5.41) is 3.54. The molecule has 0 radical (unpaired) electrons. The van der Waals surface area contributed by atoms with Crippen molar-refractivity contribution < 1.29 is 0 Å². The van der Waals surface area contributed by atoms with Crippen LogP contribution in [0.5, 0.6) is 0 Å². The summed E-state index contributed by atoms with van der Waals surface area (Å²) in [6.07, 6.45) is 4.63. The number of likely N-dealkylation sites (tertiary alicyclic amines) is 1. The minimum Gasteiger partial charge on any atom is -0.314 e. The molecule has 3 heteroatoms. The van der Waals surface area contributed by atoms with Crippen molar-refractivity contribution in [2.24, 2.45) is 0 Å². The number of thioether (sulfide) groups is 1. The van der Waals surface area contributed by atoms with Crippen molar-refractivity contribution in [1.82, 2.24) is 10.2 Å². The highest BCUT2D eigenvalue weighted by Crippen LogP contribution is 2.11. The van der Waals surface area contributed by atoms with Crippen LogP contribution in [0.1, 0.15) is 19.8 Å². The Morgan fingerprint density at radius 3 is 2.80 bits per heavy atom. The van der Waals surface area contributed by atoms with Gasteiger partial charge in [-0.2, -0.15) is 11.8 Å². The molecule has 15 heavy (non-hydrogen) atoms. The van der Waals surface area contributed by atoms with Crippen molar-refractivity contribution in [2.45, 2.75) is 25.8 Å². The number of piperidine rings is 1. The molecule has 0 bridgehead atoms. The van der Waals surface area contributed by atoms with Gasteiger partial charge < -0.3 is 10.2 Å². The maximum absolute atomic E-state index is 3.73. The fourth-order valence-corrected chi connectivity index (χ4v) is 2.73. The third kappa shape index (κ3) is 5.59. The molecule has 0 saturated carbocycles. The molecule has 2 nitrogen and oxygen atoms in total. The van der Waals surface area contributed by atoms with Crippen molar-refractivity contribution in [3.05, 3.63) is 12.7 Å². The normalized spacial score (nSPS) is 19.3. The second-order valence-electron chi connectivity index (χ2n) is 4.04. The van der Waals surface area contributed by atoms with E-state index < -0.39 is 0 Å². The molecule has 0 unspecified atom stereocenters. The molecule has 1 fully saturated rings. The average molecular weight is 228 g/mol. The summed E-state index contributed by atoms with van der Waals surface area (Å²) < 4.78 is 0. The topological polar surface area (TPSA) is 15.3 Å². The lowest BCUT2D eigenvalue weighted by Gasteiger charge is -2.32. The van der Waals surface area contributed by atoms with Crippen LogP contribution in [0.2, 0.25) is 0 Å². The van der Waals surface area contributed by atoms with Crippen molar-refractivity contribution in [1.29, 1.82) is 0 Å². The summed E-state index contributed by atoms with van der Waals surface area (Å²) in [6, 6.07) is 0.770. The Kier molecular flexibility index (Phi) is 7.14. The Hall–Kier alpha value is 0.01000. The molecule has 0 aromatic rings. The van der Waals surface area contributed by atoms with E-state index in [9.17, 15) is 0 Å². The summed E-state index contributed by atoms with van der Waals surface area (Å²) in [6.45, 7) is 10.8. The molecule has 1 aliphatic heterocycles. The van der Waals surface area contributed by atoms with Crippen LogP contribution >= 0.6 is 11.8 Å². The van der Waals surface area contributed by atoms with Crippen molar-refractivity contribution >= 4 is 11.8 Å². The average Bonchev–Trinajstić information content (AvgIpc) is 2.27. The molecule has 1 rings (SSSR count). The maximum atomic E-state index is 3.73. The summed E-state index contributed by atoms with van der Waals surface area (Å²) in [5.74, 6) is 2.34. The molecule has 1 heterocycles. The lowest BCUT2D eigenvalue weighted by Crippen LogP contribution is -2.43. The fraction of sp³-hybridized carbons (Fsp3) is 0.833. The smallest absolute Gasteiger partial charge is 0.0111 e. The molecule has 0 aliphatic carbocycles. The quantitative estimate of drug-likeness (QED) is 0.530. The zero-order valence-corrected chi connectivity index (χ0v) is 10.7. The largest absolute Gasteiger partial charge is 0.314 e. The van der Waals surface area contributed by atoms with E-state index in [0.29, 0.717) is 0 Å². The van der Waals surface area contributed by atoms with Gasteiger partial charge in [0.05, 0.1) is 0 Å². The number of nitrogens with one attached hydrogen (secondary N) is 1. The standard InChI is InChI=1S/C12H24N2S/c1-3-10-15-11-9-14-7-5-12(6-8-14)13-4-2/h3,12-13H,1,4-11H2,2H3. The first kappa shape index (κ1) is 13.1. The van der Waals surface area contributed by atoms with Gasteiger partial charge in [-0.25, -0.2) is 0 Å². The van der Waals surface area contributed by atoms with Crippen LogP contribution in [0.3, 0.4) is 0 Å². The molecule has 88 valence electrons. The van der Waals surface area contributed by atoms with E-state index in [0.717, 1.165) is 18.3 Å². The zero-order valence-electron chi connectivity index (χ0n) is 9.87. The Bertz CT molecular complexity index is 165. The molecule has 1 N–H and O–H groups in total. The molecular formula is C12H24N2S. The van der Waals surface area contributed by atoms with Crippen molar-refractivity contribution in [3.8, 4) is 0 Å². The van der Waals surface area contributed by atoms with E-state index in [1.807, 2.05) is 17.8 Å². The monoisotopic (exact) mass is 228 g/mol. The van der Waals surface area contributed by atoms with Gasteiger partial charge in [0.15, 0.2) is 0 Å². The predicted molar refractivity (Wildman–Crippen MR) is 70.7 cm³/mol. The third-order valence-corrected chi connectivity index (χ3v) is 3.81. The molecule has 0 amide bonds. The lowest BCUT2D eigenvalue weighted by molar-refractivity contribution is 0.209. The summed E-state index contributed by atoms with van der Waals surface area (Å²) >= 11 is 1.98. The van der Waals surface area contributed by atoms with E-state index in [2.05, 4.69) is 23.7 Å². The second-order valence-corrected chi connectivity index (χ2v) is 5.19. The van der Waals surface area contributed by atoms with Crippen LogP contribution in [0, 0.1) is 0 Å². The van der Waals surface area contributed by atoms with Crippen LogP contribution in [-0.2, 0) is 0 Å². The first-order valence-electron chi connectivity index (χ1n) is 6.01. The molecule has 0 atom stereocenters. The van der Waals surface area contributed by atoms with E-state index in [4.69, 9.17) is 0 Å². The van der Waals surface area contributed by atoms with Gasteiger partial charge in [0, 0.05) is 24.1 Å². The first-order valence-corrected chi connectivity index (χ1v) is 7.16. The van der Waals surface area contributed by atoms with Crippen LogP contribution < -0.4 is 5.32 Å². The number of nitrogens with zero attached hydrogens (tertiary/aromatic N) is 1. The Labute approximate surface area is 98.5 Å². The van der Waals surface area contributed by atoms with Gasteiger partial charge in [-0.05, 0) is 32.5 Å². The van der Waals surface area contributed by atoms with E-state index >= 15 is 0 Å². The number of hydrogen-bond acceptors (Lipinski definition) is 3. The van der Waals surface area contributed by atoms with Gasteiger partial charge in [0.1, 0.15) is 0 Å². The molecule has 0 aromatic heterocycles. The highest BCUT2D eigenvalue weighted by Gasteiger charge is 2.17. The Balaban J connectivity index is 2.01. The Morgan fingerprint density at radius 2 is 2.20 bits per heavy atom. The minimum absolute atomic E-state index is 0.770.